The summed E-state index contributed by atoms with van der Waals surface area (Å²) in [5.74, 6) is 0.944. The molecule has 0 bridgehead atoms. The number of aromatic hydroxyl groups is 1. The Labute approximate surface area is 106 Å². The summed E-state index contributed by atoms with van der Waals surface area (Å²) in [6.07, 6.45) is 2.41. The van der Waals surface area contributed by atoms with E-state index in [2.05, 4.69) is 12.2 Å². The predicted octanol–water partition coefficient (Wildman–Crippen LogP) is 3.59. The number of phenols is 1. The van der Waals surface area contributed by atoms with Gasteiger partial charge in [-0.1, -0.05) is 30.1 Å². The fraction of sp³-hybridized carbons (Fsp3) is 0.500. The fourth-order valence-electron chi connectivity index (χ4n) is 2.08. The summed E-state index contributed by atoms with van der Waals surface area (Å²) in [7, 11) is 0. The summed E-state index contributed by atoms with van der Waals surface area (Å²) < 4.78 is 0. The molecule has 1 aromatic carbocycles. The Hall–Kier alpha value is -0.440. The lowest BCUT2D eigenvalue weighted by atomic mass is 9.82. The van der Waals surface area contributed by atoms with Crippen LogP contribution < -0.4 is 5.32 Å². The molecule has 2 rings (SSSR count). The molecule has 0 aromatic heterocycles. The van der Waals surface area contributed by atoms with Crippen molar-refractivity contribution in [1.82, 2.24) is 5.32 Å². The maximum absolute atomic E-state index is 9.75. The van der Waals surface area contributed by atoms with Crippen molar-refractivity contribution in [2.75, 3.05) is 0 Å². The van der Waals surface area contributed by atoms with Gasteiger partial charge in [0, 0.05) is 23.2 Å². The largest absolute Gasteiger partial charge is 0.506 e. The van der Waals surface area contributed by atoms with Gasteiger partial charge < -0.3 is 10.4 Å². The van der Waals surface area contributed by atoms with Gasteiger partial charge in [-0.2, -0.15) is 0 Å². The maximum Gasteiger partial charge on any atom is 0.138 e. The first-order valence-electron chi connectivity index (χ1n) is 5.46. The van der Waals surface area contributed by atoms with Crippen molar-refractivity contribution in [2.24, 2.45) is 5.92 Å². The third-order valence-corrected chi connectivity index (χ3v) is 3.57. The molecule has 1 aliphatic carbocycles. The van der Waals surface area contributed by atoms with Crippen molar-refractivity contribution in [3.63, 3.8) is 0 Å². The standard InChI is InChI=1S/C12H15Cl2NO/c1-7-2-10(3-7)15-6-8-4-9(13)5-11(14)12(8)16/h4-5,7,10,15-16H,2-3,6H2,1H3. The highest BCUT2D eigenvalue weighted by atomic mass is 35.5. The third kappa shape index (κ3) is 2.62. The number of halogens is 2. The zero-order valence-corrected chi connectivity index (χ0v) is 10.6. The zero-order valence-electron chi connectivity index (χ0n) is 9.13. The summed E-state index contributed by atoms with van der Waals surface area (Å²) in [5.41, 5.74) is 0.761. The van der Waals surface area contributed by atoms with E-state index in [0.29, 0.717) is 22.6 Å². The van der Waals surface area contributed by atoms with Crippen molar-refractivity contribution in [2.45, 2.75) is 32.4 Å². The lowest BCUT2D eigenvalue weighted by Gasteiger charge is -2.33. The number of rotatable bonds is 3. The Morgan fingerprint density at radius 3 is 2.69 bits per heavy atom. The number of phenolic OH excluding ortho intramolecular Hbond substituents is 1. The Bertz CT molecular complexity index is 389. The zero-order chi connectivity index (χ0) is 11.7. The minimum Gasteiger partial charge on any atom is -0.506 e. The summed E-state index contributed by atoms with van der Waals surface area (Å²) in [6, 6.07) is 3.86. The van der Waals surface area contributed by atoms with E-state index in [0.717, 1.165) is 11.5 Å². The molecule has 1 saturated carbocycles. The lowest BCUT2D eigenvalue weighted by molar-refractivity contribution is 0.239. The number of hydrogen-bond donors (Lipinski definition) is 2. The molecule has 88 valence electrons. The molecule has 0 saturated heterocycles. The molecule has 0 aliphatic heterocycles. The van der Waals surface area contributed by atoms with E-state index in [4.69, 9.17) is 23.2 Å². The molecule has 1 aliphatic rings. The molecule has 16 heavy (non-hydrogen) atoms. The molecule has 1 aromatic rings. The second-order valence-electron chi connectivity index (χ2n) is 4.55. The number of hydrogen-bond acceptors (Lipinski definition) is 2. The Balaban J connectivity index is 1.98. The molecule has 2 nitrogen and oxygen atoms in total. The van der Waals surface area contributed by atoms with E-state index >= 15 is 0 Å². The predicted molar refractivity (Wildman–Crippen MR) is 67.2 cm³/mol. The lowest BCUT2D eigenvalue weighted by Crippen LogP contribution is -2.39. The first-order valence-corrected chi connectivity index (χ1v) is 6.22. The van der Waals surface area contributed by atoms with Crippen LogP contribution in [0.2, 0.25) is 10.0 Å². The van der Waals surface area contributed by atoms with Gasteiger partial charge >= 0.3 is 0 Å². The van der Waals surface area contributed by atoms with Crippen molar-refractivity contribution < 1.29 is 5.11 Å². The van der Waals surface area contributed by atoms with Gasteiger partial charge in [0.2, 0.25) is 0 Å². The van der Waals surface area contributed by atoms with Crippen LogP contribution in [0.5, 0.6) is 5.75 Å². The highest BCUT2D eigenvalue weighted by Gasteiger charge is 2.24. The second-order valence-corrected chi connectivity index (χ2v) is 5.39. The average molecular weight is 260 g/mol. The minimum absolute atomic E-state index is 0.130. The molecule has 4 heteroatoms. The third-order valence-electron chi connectivity index (χ3n) is 3.06. The van der Waals surface area contributed by atoms with Gasteiger partial charge in [0.05, 0.1) is 5.02 Å². The van der Waals surface area contributed by atoms with E-state index in [1.807, 2.05) is 0 Å². The fourth-order valence-corrected chi connectivity index (χ4v) is 2.61. The molecule has 0 radical (unpaired) electrons. The van der Waals surface area contributed by atoms with Crippen molar-refractivity contribution in [3.05, 3.63) is 27.7 Å². The van der Waals surface area contributed by atoms with Crippen LogP contribution in [0.25, 0.3) is 0 Å². The highest BCUT2D eigenvalue weighted by Crippen LogP contribution is 2.32. The summed E-state index contributed by atoms with van der Waals surface area (Å²) in [5, 5.41) is 14.0. The van der Waals surface area contributed by atoms with Crippen LogP contribution >= 0.6 is 23.2 Å². The van der Waals surface area contributed by atoms with E-state index < -0.39 is 0 Å². The minimum atomic E-state index is 0.130. The molecule has 0 spiro atoms. The maximum atomic E-state index is 9.75. The van der Waals surface area contributed by atoms with Gasteiger partial charge in [-0.25, -0.2) is 0 Å². The topological polar surface area (TPSA) is 32.3 Å². The van der Waals surface area contributed by atoms with Crippen LogP contribution in [0, 0.1) is 5.92 Å². The van der Waals surface area contributed by atoms with Gasteiger partial charge in [0.25, 0.3) is 0 Å². The van der Waals surface area contributed by atoms with Crippen molar-refractivity contribution in [1.29, 1.82) is 0 Å². The molecule has 2 N–H and O–H groups in total. The average Bonchev–Trinajstić information content (AvgIpc) is 2.17. The Morgan fingerprint density at radius 1 is 1.38 bits per heavy atom. The normalized spacial score (nSPS) is 24.2. The second kappa shape index (κ2) is 4.82. The van der Waals surface area contributed by atoms with E-state index in [-0.39, 0.29) is 5.75 Å². The summed E-state index contributed by atoms with van der Waals surface area (Å²) in [6.45, 7) is 2.86. The molecule has 0 heterocycles. The van der Waals surface area contributed by atoms with Gasteiger partial charge in [-0.05, 0) is 30.9 Å². The van der Waals surface area contributed by atoms with E-state index in [1.165, 1.54) is 12.8 Å². The quantitative estimate of drug-likeness (QED) is 0.870. The molecule has 0 atom stereocenters. The van der Waals surface area contributed by atoms with Gasteiger partial charge in [-0.3, -0.25) is 0 Å². The number of benzene rings is 1. The van der Waals surface area contributed by atoms with Crippen LogP contribution in [-0.4, -0.2) is 11.1 Å². The smallest absolute Gasteiger partial charge is 0.138 e. The van der Waals surface area contributed by atoms with E-state index in [1.54, 1.807) is 12.1 Å². The van der Waals surface area contributed by atoms with Crippen LogP contribution in [0.3, 0.4) is 0 Å². The first kappa shape index (κ1) is 12.0. The van der Waals surface area contributed by atoms with E-state index in [9.17, 15) is 5.11 Å². The van der Waals surface area contributed by atoms with Crippen LogP contribution in [0.15, 0.2) is 12.1 Å². The first-order chi connectivity index (χ1) is 7.56. The van der Waals surface area contributed by atoms with Crippen LogP contribution in [0.1, 0.15) is 25.3 Å². The molecule has 0 amide bonds. The van der Waals surface area contributed by atoms with Gasteiger partial charge in [0.1, 0.15) is 5.75 Å². The monoisotopic (exact) mass is 259 g/mol. The molecular weight excluding hydrogens is 245 g/mol. The van der Waals surface area contributed by atoms with Crippen molar-refractivity contribution >= 4 is 23.2 Å². The SMILES string of the molecule is CC1CC(NCc2cc(Cl)cc(Cl)c2O)C1. The van der Waals surface area contributed by atoms with Gasteiger partial charge in [-0.15, -0.1) is 0 Å². The van der Waals surface area contributed by atoms with Gasteiger partial charge in [0.15, 0.2) is 0 Å². The van der Waals surface area contributed by atoms with Crippen LogP contribution in [0.4, 0.5) is 0 Å². The Morgan fingerprint density at radius 2 is 2.06 bits per heavy atom. The summed E-state index contributed by atoms with van der Waals surface area (Å²) >= 11 is 11.7. The Kier molecular flexibility index (Phi) is 3.63. The molecule has 1 fully saturated rings. The van der Waals surface area contributed by atoms with Crippen molar-refractivity contribution in [3.8, 4) is 5.75 Å². The summed E-state index contributed by atoms with van der Waals surface area (Å²) in [4.78, 5) is 0. The molecular formula is C12H15Cl2NO. The molecule has 0 unspecified atom stereocenters. The number of nitrogens with one attached hydrogen (secondary N) is 1. The van der Waals surface area contributed by atoms with Crippen LogP contribution in [-0.2, 0) is 6.54 Å². The highest BCUT2D eigenvalue weighted by molar-refractivity contribution is 6.35.